The molecule has 84 valence electrons. The molecule has 0 unspecified atom stereocenters. The number of hydrogen-bond acceptors (Lipinski definition) is 3. The monoisotopic (exact) mass is 239 g/mol. The first-order chi connectivity index (χ1) is 7.54. The molecule has 0 spiro atoms. The number of halogens is 1. The Balaban J connectivity index is 2.98. The predicted octanol–water partition coefficient (Wildman–Crippen LogP) is 2.81. The third-order valence-corrected chi connectivity index (χ3v) is 2.33. The summed E-state index contributed by atoms with van der Waals surface area (Å²) in [4.78, 5) is 21.0. The first-order valence-electron chi connectivity index (χ1n) is 4.56. The number of allylic oxidation sites excluding steroid dienone is 1. The van der Waals surface area contributed by atoms with Crippen molar-refractivity contribution in [3.63, 3.8) is 0 Å². The minimum Gasteiger partial charge on any atom is -0.295 e. The molecule has 0 atom stereocenters. The van der Waals surface area contributed by atoms with Crippen molar-refractivity contribution in [2.24, 2.45) is 0 Å². The highest BCUT2D eigenvalue weighted by atomic mass is 35.5. The molecule has 1 aromatic rings. The predicted molar refractivity (Wildman–Crippen MR) is 62.5 cm³/mol. The summed E-state index contributed by atoms with van der Waals surface area (Å²) in [6.07, 6.45) is 1.62. The lowest BCUT2D eigenvalue weighted by Gasteiger charge is -1.98. The van der Waals surface area contributed by atoms with Crippen LogP contribution in [0.5, 0.6) is 0 Å². The second-order valence-corrected chi connectivity index (χ2v) is 3.48. The van der Waals surface area contributed by atoms with Crippen LogP contribution in [0, 0.1) is 10.1 Å². The first-order valence-corrected chi connectivity index (χ1v) is 5.10. The van der Waals surface area contributed by atoms with Gasteiger partial charge in [-0.05, 0) is 30.7 Å². The molecule has 0 bridgehead atoms. The number of Topliss-reactive ketones (excluding diaryl/α,β-unsaturated/α-hetero) is 1. The average molecular weight is 240 g/mol. The zero-order valence-electron chi connectivity index (χ0n) is 8.64. The number of alkyl halides is 1. The van der Waals surface area contributed by atoms with Gasteiger partial charge in [-0.25, -0.2) is 0 Å². The number of nitro benzene ring substituents is 1. The Morgan fingerprint density at radius 3 is 2.38 bits per heavy atom. The van der Waals surface area contributed by atoms with Gasteiger partial charge in [0.15, 0.2) is 5.78 Å². The van der Waals surface area contributed by atoms with Crippen molar-refractivity contribution in [1.29, 1.82) is 0 Å². The molecule has 0 radical (unpaired) electrons. The molecule has 0 heterocycles. The Bertz CT molecular complexity index is 437. The standard InChI is InChI=1S/C11H10ClNO3/c1-8(14)10(7-12)6-9-2-4-11(5-3-9)13(15)16/h2-6H,7H2,1H3/b10-6+. The molecule has 1 aromatic carbocycles. The van der Waals surface area contributed by atoms with Crippen molar-refractivity contribution in [3.8, 4) is 0 Å². The number of nitrogens with zero attached hydrogens (tertiary/aromatic N) is 1. The number of carbonyl (C=O) groups is 1. The molecule has 0 fully saturated rings. The lowest BCUT2D eigenvalue weighted by molar-refractivity contribution is -0.384. The Hall–Kier alpha value is -1.68. The van der Waals surface area contributed by atoms with E-state index < -0.39 is 4.92 Å². The molecular formula is C11H10ClNO3. The van der Waals surface area contributed by atoms with Crippen molar-refractivity contribution >= 4 is 29.1 Å². The van der Waals surface area contributed by atoms with Crippen molar-refractivity contribution in [2.45, 2.75) is 6.92 Å². The van der Waals surface area contributed by atoms with Crippen LogP contribution in [-0.4, -0.2) is 16.6 Å². The third kappa shape index (κ3) is 3.17. The van der Waals surface area contributed by atoms with Gasteiger partial charge in [-0.2, -0.15) is 0 Å². The van der Waals surface area contributed by atoms with E-state index in [-0.39, 0.29) is 17.4 Å². The summed E-state index contributed by atoms with van der Waals surface area (Å²) in [6.45, 7) is 1.43. The van der Waals surface area contributed by atoms with Gasteiger partial charge in [0.1, 0.15) is 0 Å². The number of benzene rings is 1. The Kier molecular flexibility index (Phi) is 4.19. The summed E-state index contributed by atoms with van der Waals surface area (Å²) in [7, 11) is 0. The van der Waals surface area contributed by atoms with E-state index in [2.05, 4.69) is 0 Å². The van der Waals surface area contributed by atoms with Crippen molar-refractivity contribution in [2.75, 3.05) is 5.88 Å². The van der Waals surface area contributed by atoms with Crippen LogP contribution < -0.4 is 0 Å². The molecule has 0 aliphatic carbocycles. The fourth-order valence-electron chi connectivity index (χ4n) is 1.13. The number of rotatable bonds is 4. The van der Waals surface area contributed by atoms with Crippen LogP contribution in [0.1, 0.15) is 12.5 Å². The highest BCUT2D eigenvalue weighted by Crippen LogP contribution is 2.15. The van der Waals surface area contributed by atoms with Gasteiger partial charge < -0.3 is 0 Å². The fraction of sp³-hybridized carbons (Fsp3) is 0.182. The third-order valence-electron chi connectivity index (χ3n) is 2.04. The quantitative estimate of drug-likeness (QED) is 0.351. The number of hydrogen-bond donors (Lipinski definition) is 0. The van der Waals surface area contributed by atoms with Gasteiger partial charge in [0.25, 0.3) is 5.69 Å². The largest absolute Gasteiger partial charge is 0.295 e. The number of non-ortho nitro benzene ring substituents is 1. The zero-order valence-corrected chi connectivity index (χ0v) is 9.40. The minimum atomic E-state index is -0.471. The number of ketones is 1. The van der Waals surface area contributed by atoms with E-state index in [1.165, 1.54) is 19.1 Å². The van der Waals surface area contributed by atoms with E-state index in [9.17, 15) is 14.9 Å². The zero-order chi connectivity index (χ0) is 12.1. The van der Waals surface area contributed by atoms with Crippen molar-refractivity contribution < 1.29 is 9.72 Å². The molecular weight excluding hydrogens is 230 g/mol. The number of carbonyl (C=O) groups excluding carboxylic acids is 1. The van der Waals surface area contributed by atoms with Crippen molar-refractivity contribution in [3.05, 3.63) is 45.5 Å². The fourth-order valence-corrected chi connectivity index (χ4v) is 1.39. The average Bonchev–Trinajstić information content (AvgIpc) is 2.26. The summed E-state index contributed by atoms with van der Waals surface area (Å²) >= 11 is 5.60. The molecule has 16 heavy (non-hydrogen) atoms. The molecule has 5 heteroatoms. The van der Waals surface area contributed by atoms with Crippen LogP contribution in [0.4, 0.5) is 5.69 Å². The van der Waals surface area contributed by atoms with E-state index >= 15 is 0 Å². The molecule has 1 rings (SSSR count). The van der Waals surface area contributed by atoms with Crippen LogP contribution in [0.2, 0.25) is 0 Å². The van der Waals surface area contributed by atoms with E-state index in [0.29, 0.717) is 5.57 Å². The second kappa shape index (κ2) is 5.42. The molecule has 0 saturated carbocycles. The molecule has 0 amide bonds. The topological polar surface area (TPSA) is 60.2 Å². The maximum absolute atomic E-state index is 11.1. The van der Waals surface area contributed by atoms with Crippen LogP contribution in [0.25, 0.3) is 6.08 Å². The Morgan fingerprint density at radius 2 is 2.00 bits per heavy atom. The van der Waals surface area contributed by atoms with Crippen LogP contribution in [0.15, 0.2) is 29.8 Å². The molecule has 0 aliphatic rings. The summed E-state index contributed by atoms with van der Waals surface area (Å²) in [6, 6.07) is 5.93. The highest BCUT2D eigenvalue weighted by molar-refractivity contribution is 6.23. The van der Waals surface area contributed by atoms with Crippen LogP contribution >= 0.6 is 11.6 Å². The molecule has 0 aromatic heterocycles. The van der Waals surface area contributed by atoms with Crippen molar-refractivity contribution in [1.82, 2.24) is 0 Å². The smallest absolute Gasteiger partial charge is 0.269 e. The van der Waals surface area contributed by atoms with Crippen LogP contribution in [0.3, 0.4) is 0 Å². The number of nitro groups is 1. The van der Waals surface area contributed by atoms with Gasteiger partial charge in [-0.1, -0.05) is 0 Å². The molecule has 0 saturated heterocycles. The second-order valence-electron chi connectivity index (χ2n) is 3.21. The summed E-state index contributed by atoms with van der Waals surface area (Å²) in [5.74, 6) is 0.0279. The molecule has 0 N–H and O–H groups in total. The van der Waals surface area contributed by atoms with E-state index in [1.807, 2.05) is 0 Å². The van der Waals surface area contributed by atoms with Gasteiger partial charge in [0.2, 0.25) is 0 Å². The van der Waals surface area contributed by atoms with Crippen LogP contribution in [-0.2, 0) is 4.79 Å². The Morgan fingerprint density at radius 1 is 1.44 bits per heavy atom. The van der Waals surface area contributed by atoms with Gasteiger partial charge in [-0.3, -0.25) is 14.9 Å². The normalized spacial score (nSPS) is 11.2. The molecule has 0 aliphatic heterocycles. The minimum absolute atomic E-state index is 0.0207. The van der Waals surface area contributed by atoms with E-state index in [4.69, 9.17) is 11.6 Å². The summed E-state index contributed by atoms with van der Waals surface area (Å²) < 4.78 is 0. The van der Waals surface area contributed by atoms with E-state index in [0.717, 1.165) is 5.56 Å². The van der Waals surface area contributed by atoms with E-state index in [1.54, 1.807) is 18.2 Å². The maximum atomic E-state index is 11.1. The SMILES string of the molecule is CC(=O)/C(=C/c1ccc([N+](=O)[O-])cc1)CCl. The highest BCUT2D eigenvalue weighted by Gasteiger charge is 2.05. The molecule has 4 nitrogen and oxygen atoms in total. The first kappa shape index (κ1) is 12.4. The lowest BCUT2D eigenvalue weighted by Crippen LogP contribution is -1.97. The van der Waals surface area contributed by atoms with Gasteiger partial charge in [0, 0.05) is 17.7 Å². The van der Waals surface area contributed by atoms with Gasteiger partial charge in [-0.15, -0.1) is 11.6 Å². The lowest BCUT2D eigenvalue weighted by atomic mass is 10.1. The Labute approximate surface area is 97.7 Å². The van der Waals surface area contributed by atoms with Gasteiger partial charge >= 0.3 is 0 Å². The maximum Gasteiger partial charge on any atom is 0.269 e. The summed E-state index contributed by atoms with van der Waals surface area (Å²) in [5.41, 5.74) is 1.22. The van der Waals surface area contributed by atoms with Gasteiger partial charge in [0.05, 0.1) is 10.8 Å². The summed E-state index contributed by atoms with van der Waals surface area (Å²) in [5, 5.41) is 10.4.